The second kappa shape index (κ2) is 6.88. The summed E-state index contributed by atoms with van der Waals surface area (Å²) in [5, 5.41) is 2.89. The van der Waals surface area contributed by atoms with Gasteiger partial charge in [0.15, 0.2) is 0 Å². The summed E-state index contributed by atoms with van der Waals surface area (Å²) in [4.78, 5) is 18.3. The van der Waals surface area contributed by atoms with Crippen LogP contribution < -0.4 is 10.2 Å². The Kier molecular flexibility index (Phi) is 4.93. The molecule has 110 valence electrons. The maximum Gasteiger partial charge on any atom is 0.225 e. The van der Waals surface area contributed by atoms with E-state index in [0.29, 0.717) is 6.42 Å². The molecular formula is C17H21N3O. The van der Waals surface area contributed by atoms with E-state index in [1.165, 1.54) is 5.56 Å². The van der Waals surface area contributed by atoms with Crippen molar-refractivity contribution in [3.05, 3.63) is 54.2 Å². The monoisotopic (exact) mass is 283 g/mol. The molecule has 4 nitrogen and oxygen atoms in total. The van der Waals surface area contributed by atoms with E-state index >= 15 is 0 Å². The highest BCUT2D eigenvalue weighted by atomic mass is 16.1. The van der Waals surface area contributed by atoms with Crippen LogP contribution in [0.25, 0.3) is 0 Å². The number of amides is 1. The van der Waals surface area contributed by atoms with Crippen molar-refractivity contribution in [2.24, 2.45) is 0 Å². The van der Waals surface area contributed by atoms with Gasteiger partial charge in [-0.1, -0.05) is 37.3 Å². The molecular weight excluding hydrogens is 262 g/mol. The fourth-order valence-electron chi connectivity index (χ4n) is 2.11. The summed E-state index contributed by atoms with van der Waals surface area (Å²) >= 11 is 0. The predicted octanol–water partition coefficient (Wildman–Crippen LogP) is 3.28. The SMILES string of the molecule is CC(CC(=O)Nc1ccc(N(C)C)nc1)c1ccccc1. The average molecular weight is 283 g/mol. The van der Waals surface area contributed by atoms with E-state index in [-0.39, 0.29) is 11.8 Å². The highest BCUT2D eigenvalue weighted by molar-refractivity contribution is 5.91. The minimum absolute atomic E-state index is 0.00533. The molecule has 1 amide bonds. The summed E-state index contributed by atoms with van der Waals surface area (Å²) in [6.07, 6.45) is 2.14. The van der Waals surface area contributed by atoms with Crippen LogP contribution in [0, 0.1) is 0 Å². The lowest BCUT2D eigenvalue weighted by atomic mass is 9.97. The number of nitrogens with one attached hydrogen (secondary N) is 1. The first kappa shape index (κ1) is 15.0. The van der Waals surface area contributed by atoms with Gasteiger partial charge in [0.2, 0.25) is 5.91 Å². The first-order valence-electron chi connectivity index (χ1n) is 7.04. The molecule has 0 spiro atoms. The molecule has 1 aromatic heterocycles. The number of carbonyl (C=O) groups excluding carboxylic acids is 1. The van der Waals surface area contributed by atoms with E-state index < -0.39 is 0 Å². The van der Waals surface area contributed by atoms with E-state index in [4.69, 9.17) is 0 Å². The van der Waals surface area contributed by atoms with Gasteiger partial charge in [-0.25, -0.2) is 4.98 Å². The molecule has 0 fully saturated rings. The van der Waals surface area contributed by atoms with E-state index in [2.05, 4.69) is 17.2 Å². The van der Waals surface area contributed by atoms with Gasteiger partial charge in [0, 0.05) is 20.5 Å². The highest BCUT2D eigenvalue weighted by Crippen LogP contribution is 2.19. The second-order valence-electron chi connectivity index (χ2n) is 5.36. The predicted molar refractivity (Wildman–Crippen MR) is 86.7 cm³/mol. The molecule has 1 aromatic carbocycles. The van der Waals surface area contributed by atoms with Crippen molar-refractivity contribution < 1.29 is 4.79 Å². The average Bonchev–Trinajstić information content (AvgIpc) is 2.48. The van der Waals surface area contributed by atoms with Gasteiger partial charge in [0.1, 0.15) is 5.82 Å². The lowest BCUT2D eigenvalue weighted by molar-refractivity contribution is -0.116. The number of carbonyl (C=O) groups is 1. The summed E-state index contributed by atoms with van der Waals surface area (Å²) < 4.78 is 0. The molecule has 0 aliphatic rings. The van der Waals surface area contributed by atoms with Crippen molar-refractivity contribution in [1.29, 1.82) is 0 Å². The van der Waals surface area contributed by atoms with Crippen molar-refractivity contribution in [1.82, 2.24) is 4.98 Å². The Labute approximate surface area is 125 Å². The van der Waals surface area contributed by atoms with Crippen LogP contribution >= 0.6 is 0 Å². The van der Waals surface area contributed by atoms with Crippen molar-refractivity contribution in [2.45, 2.75) is 19.3 Å². The lowest BCUT2D eigenvalue weighted by Gasteiger charge is -2.13. The molecule has 4 heteroatoms. The second-order valence-corrected chi connectivity index (χ2v) is 5.36. The molecule has 0 saturated carbocycles. The van der Waals surface area contributed by atoms with Gasteiger partial charge in [-0.3, -0.25) is 4.79 Å². The van der Waals surface area contributed by atoms with Crippen molar-refractivity contribution in [3.63, 3.8) is 0 Å². The number of aromatic nitrogens is 1. The van der Waals surface area contributed by atoms with E-state index in [0.717, 1.165) is 11.5 Å². The minimum atomic E-state index is 0.00533. The highest BCUT2D eigenvalue weighted by Gasteiger charge is 2.11. The Morgan fingerprint density at radius 2 is 1.90 bits per heavy atom. The van der Waals surface area contributed by atoms with E-state index in [1.54, 1.807) is 6.20 Å². The van der Waals surface area contributed by atoms with Crippen LogP contribution in [0.4, 0.5) is 11.5 Å². The van der Waals surface area contributed by atoms with Crippen molar-refractivity contribution >= 4 is 17.4 Å². The minimum Gasteiger partial charge on any atom is -0.363 e. The third-order valence-corrected chi connectivity index (χ3v) is 3.35. The van der Waals surface area contributed by atoms with Gasteiger partial charge in [0.25, 0.3) is 0 Å². The van der Waals surface area contributed by atoms with E-state index in [9.17, 15) is 4.79 Å². The largest absolute Gasteiger partial charge is 0.363 e. The molecule has 21 heavy (non-hydrogen) atoms. The molecule has 1 unspecified atom stereocenters. The smallest absolute Gasteiger partial charge is 0.225 e. The van der Waals surface area contributed by atoms with E-state index in [1.807, 2.05) is 61.5 Å². The van der Waals surface area contributed by atoms with Gasteiger partial charge in [-0.15, -0.1) is 0 Å². The molecule has 1 heterocycles. The number of anilines is 2. The maximum absolute atomic E-state index is 12.1. The topological polar surface area (TPSA) is 45.2 Å². The summed E-state index contributed by atoms with van der Waals surface area (Å²) in [5.74, 6) is 1.07. The third-order valence-electron chi connectivity index (χ3n) is 3.35. The molecule has 0 radical (unpaired) electrons. The van der Waals surface area contributed by atoms with Crippen LogP contribution in [-0.4, -0.2) is 25.0 Å². The van der Waals surface area contributed by atoms with Crippen molar-refractivity contribution in [3.8, 4) is 0 Å². The molecule has 2 rings (SSSR count). The molecule has 0 saturated heterocycles. The van der Waals surface area contributed by atoms with Crippen LogP contribution in [0.2, 0.25) is 0 Å². The number of pyridine rings is 1. The maximum atomic E-state index is 12.1. The number of benzene rings is 1. The van der Waals surface area contributed by atoms with Gasteiger partial charge in [-0.2, -0.15) is 0 Å². The number of hydrogen-bond acceptors (Lipinski definition) is 3. The van der Waals surface area contributed by atoms with Crippen LogP contribution in [0.15, 0.2) is 48.7 Å². The van der Waals surface area contributed by atoms with Crippen LogP contribution in [0.1, 0.15) is 24.8 Å². The standard InChI is InChI=1S/C17H21N3O/c1-13(14-7-5-4-6-8-14)11-17(21)19-15-9-10-16(18-12-15)20(2)3/h4-10,12-13H,11H2,1-3H3,(H,19,21). The summed E-state index contributed by atoms with van der Waals surface area (Å²) in [6, 6.07) is 13.8. The summed E-state index contributed by atoms with van der Waals surface area (Å²) in [6.45, 7) is 2.06. The lowest BCUT2D eigenvalue weighted by Crippen LogP contribution is -2.15. The van der Waals surface area contributed by atoms with Gasteiger partial charge in [-0.05, 0) is 23.6 Å². The zero-order valence-corrected chi connectivity index (χ0v) is 12.7. The fraction of sp³-hybridized carbons (Fsp3) is 0.294. The Hall–Kier alpha value is -2.36. The molecule has 0 bridgehead atoms. The zero-order chi connectivity index (χ0) is 15.2. The Bertz CT molecular complexity index is 579. The Morgan fingerprint density at radius 1 is 1.19 bits per heavy atom. The third kappa shape index (κ3) is 4.31. The summed E-state index contributed by atoms with van der Waals surface area (Å²) in [7, 11) is 3.87. The molecule has 1 atom stereocenters. The number of rotatable bonds is 5. The van der Waals surface area contributed by atoms with Crippen LogP contribution in [0.3, 0.4) is 0 Å². The molecule has 2 aromatic rings. The van der Waals surface area contributed by atoms with Crippen molar-refractivity contribution in [2.75, 3.05) is 24.3 Å². The van der Waals surface area contributed by atoms with Crippen LogP contribution in [0.5, 0.6) is 0 Å². The molecule has 1 N–H and O–H groups in total. The number of hydrogen-bond donors (Lipinski definition) is 1. The fourth-order valence-corrected chi connectivity index (χ4v) is 2.11. The van der Waals surface area contributed by atoms with Gasteiger partial charge in [0.05, 0.1) is 11.9 Å². The van der Waals surface area contributed by atoms with Gasteiger partial charge >= 0.3 is 0 Å². The zero-order valence-electron chi connectivity index (χ0n) is 12.7. The molecule has 0 aliphatic carbocycles. The normalized spacial score (nSPS) is 11.8. The molecule has 0 aliphatic heterocycles. The van der Waals surface area contributed by atoms with Gasteiger partial charge < -0.3 is 10.2 Å². The van der Waals surface area contributed by atoms with Crippen LogP contribution in [-0.2, 0) is 4.79 Å². The summed E-state index contributed by atoms with van der Waals surface area (Å²) in [5.41, 5.74) is 1.90. The first-order valence-corrected chi connectivity index (χ1v) is 7.04. The quantitative estimate of drug-likeness (QED) is 0.916. The first-order chi connectivity index (χ1) is 10.1. The Balaban J connectivity index is 1.92. The number of nitrogens with zero attached hydrogens (tertiary/aromatic N) is 2. The Morgan fingerprint density at radius 3 is 2.48 bits per heavy atom.